The van der Waals surface area contributed by atoms with Crippen molar-refractivity contribution in [1.82, 2.24) is 4.31 Å². The van der Waals surface area contributed by atoms with Crippen LogP contribution in [0, 0.1) is 12.7 Å². The SMILES string of the molecule is CCCC(CN(CCC)S(=O)(=O)c1sc2ccc(F)cc2c1C)c1ccc(S(=O)(=O)O)cc1. The molecule has 0 saturated carbocycles. The molecule has 0 bridgehead atoms. The molecule has 0 radical (unpaired) electrons. The predicted molar refractivity (Wildman–Crippen MR) is 129 cm³/mol. The number of nitrogens with zero attached hydrogens (tertiary/aromatic N) is 1. The first-order valence-corrected chi connectivity index (χ1v) is 14.4. The van der Waals surface area contributed by atoms with E-state index >= 15 is 0 Å². The molecule has 0 fully saturated rings. The molecule has 3 aromatic rings. The van der Waals surface area contributed by atoms with Crippen molar-refractivity contribution in [3.05, 3.63) is 59.4 Å². The monoisotopic (exact) mass is 513 g/mol. The Kier molecular flexibility index (Phi) is 7.95. The third kappa shape index (κ3) is 5.63. The van der Waals surface area contributed by atoms with Crippen LogP contribution in [0.15, 0.2) is 51.6 Å². The summed E-state index contributed by atoms with van der Waals surface area (Å²) < 4.78 is 75.5. The highest BCUT2D eigenvalue weighted by Gasteiger charge is 2.31. The second kappa shape index (κ2) is 10.2. The maximum atomic E-state index is 13.7. The molecule has 2 aromatic carbocycles. The predicted octanol–water partition coefficient (Wildman–Crippen LogP) is 5.58. The minimum absolute atomic E-state index is 0.154. The number of thiophene rings is 1. The lowest BCUT2D eigenvalue weighted by atomic mass is 9.94. The number of aryl methyl sites for hydroxylation is 1. The number of benzene rings is 2. The summed E-state index contributed by atoms with van der Waals surface area (Å²) in [5.41, 5.74) is 1.34. The number of rotatable bonds is 10. The quantitative estimate of drug-likeness (QED) is 0.357. The summed E-state index contributed by atoms with van der Waals surface area (Å²) in [6.07, 6.45) is 2.14. The van der Waals surface area contributed by atoms with Crippen LogP contribution in [0.5, 0.6) is 0 Å². The molecule has 6 nitrogen and oxygen atoms in total. The van der Waals surface area contributed by atoms with Crippen LogP contribution < -0.4 is 0 Å². The van der Waals surface area contributed by atoms with Gasteiger partial charge in [0.05, 0.1) is 4.90 Å². The zero-order valence-corrected chi connectivity index (χ0v) is 21.2. The van der Waals surface area contributed by atoms with Gasteiger partial charge < -0.3 is 0 Å². The molecule has 0 aliphatic heterocycles. The van der Waals surface area contributed by atoms with E-state index in [1.807, 2.05) is 13.8 Å². The third-order valence-electron chi connectivity index (χ3n) is 5.61. The average Bonchev–Trinajstić information content (AvgIpc) is 3.09. The molecule has 10 heteroatoms. The molecule has 1 N–H and O–H groups in total. The molecule has 0 spiro atoms. The standard InChI is InChI=1S/C23H28FNO5S3/c1-4-6-18(17-7-10-20(11-8-17)33(28,29)30)15-25(13-5-2)32(26,27)23-16(3)21-14-19(24)9-12-22(21)31-23/h7-12,14,18H,4-6,13,15H2,1-3H3,(H,28,29,30). The Hall–Kier alpha value is -1.85. The number of halogens is 1. The lowest BCUT2D eigenvalue weighted by molar-refractivity contribution is 0.374. The highest BCUT2D eigenvalue weighted by Crippen LogP contribution is 2.37. The van der Waals surface area contributed by atoms with Gasteiger partial charge in [-0.25, -0.2) is 12.8 Å². The zero-order chi connectivity index (χ0) is 24.4. The van der Waals surface area contributed by atoms with E-state index in [-0.39, 0.29) is 21.6 Å². The van der Waals surface area contributed by atoms with E-state index in [0.29, 0.717) is 30.3 Å². The van der Waals surface area contributed by atoms with Gasteiger partial charge in [0.2, 0.25) is 0 Å². The Morgan fingerprint density at radius 2 is 1.70 bits per heavy atom. The van der Waals surface area contributed by atoms with Gasteiger partial charge in [-0.15, -0.1) is 11.3 Å². The molecular weight excluding hydrogens is 485 g/mol. The highest BCUT2D eigenvalue weighted by molar-refractivity contribution is 7.91. The van der Waals surface area contributed by atoms with Crippen molar-refractivity contribution in [1.29, 1.82) is 0 Å². The minimum atomic E-state index is -4.30. The smallest absolute Gasteiger partial charge is 0.282 e. The fourth-order valence-electron chi connectivity index (χ4n) is 3.96. The fraction of sp³-hybridized carbons (Fsp3) is 0.391. The van der Waals surface area contributed by atoms with E-state index < -0.39 is 26.0 Å². The van der Waals surface area contributed by atoms with Gasteiger partial charge in [0.15, 0.2) is 0 Å². The summed E-state index contributed by atoms with van der Waals surface area (Å²) >= 11 is 1.14. The first kappa shape index (κ1) is 25.8. The van der Waals surface area contributed by atoms with Crippen LogP contribution in [-0.2, 0) is 20.1 Å². The molecule has 1 aromatic heterocycles. The number of hydrogen-bond acceptors (Lipinski definition) is 5. The van der Waals surface area contributed by atoms with Gasteiger partial charge in [-0.2, -0.15) is 12.7 Å². The molecule has 0 aliphatic rings. The summed E-state index contributed by atoms with van der Waals surface area (Å²) in [7, 11) is -8.13. The van der Waals surface area contributed by atoms with Crippen molar-refractivity contribution in [2.75, 3.05) is 13.1 Å². The zero-order valence-electron chi connectivity index (χ0n) is 18.8. The van der Waals surface area contributed by atoms with Crippen molar-refractivity contribution in [2.45, 2.75) is 55.1 Å². The van der Waals surface area contributed by atoms with Crippen LogP contribution in [0.1, 0.15) is 50.2 Å². The largest absolute Gasteiger partial charge is 0.294 e. The summed E-state index contributed by atoms with van der Waals surface area (Å²) in [5.74, 6) is -0.562. The van der Waals surface area contributed by atoms with Crippen molar-refractivity contribution in [3.8, 4) is 0 Å². The normalized spacial score (nSPS) is 13.6. The lowest BCUT2D eigenvalue weighted by Gasteiger charge is -2.27. The van der Waals surface area contributed by atoms with Gasteiger partial charge in [-0.05, 0) is 72.5 Å². The van der Waals surface area contributed by atoms with Crippen LogP contribution >= 0.6 is 11.3 Å². The molecule has 0 aliphatic carbocycles. The topological polar surface area (TPSA) is 91.8 Å². The Bertz CT molecular complexity index is 1330. The molecule has 1 unspecified atom stereocenters. The van der Waals surface area contributed by atoms with E-state index in [1.54, 1.807) is 25.1 Å². The van der Waals surface area contributed by atoms with E-state index in [1.165, 1.54) is 28.6 Å². The van der Waals surface area contributed by atoms with Gasteiger partial charge >= 0.3 is 0 Å². The number of fused-ring (bicyclic) bond motifs is 1. The van der Waals surface area contributed by atoms with E-state index in [9.17, 15) is 25.8 Å². The van der Waals surface area contributed by atoms with E-state index in [0.717, 1.165) is 28.0 Å². The number of hydrogen-bond donors (Lipinski definition) is 1. The van der Waals surface area contributed by atoms with Gasteiger partial charge in [-0.1, -0.05) is 32.4 Å². The van der Waals surface area contributed by atoms with E-state index in [4.69, 9.17) is 0 Å². The van der Waals surface area contributed by atoms with Gasteiger partial charge in [0.25, 0.3) is 20.1 Å². The van der Waals surface area contributed by atoms with Gasteiger partial charge in [0.1, 0.15) is 10.0 Å². The summed E-state index contributed by atoms with van der Waals surface area (Å²) in [4.78, 5) is -0.201. The first-order valence-electron chi connectivity index (χ1n) is 10.7. The summed E-state index contributed by atoms with van der Waals surface area (Å²) in [6.45, 7) is 6.17. The Balaban J connectivity index is 1.98. The van der Waals surface area contributed by atoms with E-state index in [2.05, 4.69) is 0 Å². The third-order valence-corrected chi connectivity index (χ3v) is 10.2. The lowest BCUT2D eigenvalue weighted by Crippen LogP contribution is -2.35. The van der Waals surface area contributed by atoms with Crippen LogP contribution in [0.4, 0.5) is 4.39 Å². The summed E-state index contributed by atoms with van der Waals surface area (Å²) in [6, 6.07) is 10.2. The molecule has 180 valence electrons. The van der Waals surface area contributed by atoms with Crippen LogP contribution in [0.25, 0.3) is 10.1 Å². The Morgan fingerprint density at radius 3 is 2.27 bits per heavy atom. The van der Waals surface area contributed by atoms with Crippen LogP contribution in [0.2, 0.25) is 0 Å². The second-order valence-electron chi connectivity index (χ2n) is 8.05. The molecule has 1 atom stereocenters. The molecule has 3 rings (SSSR count). The van der Waals surface area contributed by atoms with Crippen molar-refractivity contribution < 1.29 is 25.8 Å². The summed E-state index contributed by atoms with van der Waals surface area (Å²) in [5, 5.41) is 0.598. The number of sulfonamides is 1. The Labute approximate surface area is 198 Å². The van der Waals surface area contributed by atoms with Crippen molar-refractivity contribution in [3.63, 3.8) is 0 Å². The van der Waals surface area contributed by atoms with Crippen LogP contribution in [0.3, 0.4) is 0 Å². The Morgan fingerprint density at radius 1 is 1.03 bits per heavy atom. The average molecular weight is 514 g/mol. The minimum Gasteiger partial charge on any atom is -0.282 e. The van der Waals surface area contributed by atoms with Gasteiger partial charge in [0, 0.05) is 17.8 Å². The molecule has 0 amide bonds. The molecule has 1 heterocycles. The maximum Gasteiger partial charge on any atom is 0.294 e. The maximum absolute atomic E-state index is 13.7. The van der Waals surface area contributed by atoms with Crippen LogP contribution in [-0.4, -0.2) is 38.8 Å². The fourth-order valence-corrected chi connectivity index (χ4v) is 7.90. The first-order chi connectivity index (χ1) is 15.5. The molecule has 33 heavy (non-hydrogen) atoms. The molecule has 0 saturated heterocycles. The highest BCUT2D eigenvalue weighted by atomic mass is 32.2. The van der Waals surface area contributed by atoms with Gasteiger partial charge in [-0.3, -0.25) is 4.55 Å². The van der Waals surface area contributed by atoms with Crippen molar-refractivity contribution in [2.24, 2.45) is 0 Å². The second-order valence-corrected chi connectivity index (χ2v) is 12.7. The molecular formula is C23H28FNO5S3. The van der Waals surface area contributed by atoms with Crippen molar-refractivity contribution >= 4 is 41.6 Å².